The second kappa shape index (κ2) is 14.1. The Hall–Kier alpha value is -3.22. The lowest BCUT2D eigenvalue weighted by molar-refractivity contribution is -0.152. The number of aromatic amines is 1. The van der Waals surface area contributed by atoms with Crippen molar-refractivity contribution < 1.29 is 38.3 Å². The minimum absolute atomic E-state index is 0.0613. The summed E-state index contributed by atoms with van der Waals surface area (Å²) < 4.78 is 35.0. The van der Waals surface area contributed by atoms with Gasteiger partial charge in [0.15, 0.2) is 12.6 Å². The van der Waals surface area contributed by atoms with Crippen LogP contribution in [0.3, 0.4) is 0 Å². The molecule has 2 aliphatic heterocycles. The van der Waals surface area contributed by atoms with Crippen molar-refractivity contribution in [2.45, 2.75) is 70.9 Å². The number of ether oxygens (including phenoxy) is 6. The maximum absolute atomic E-state index is 13.5. The van der Waals surface area contributed by atoms with Gasteiger partial charge >= 0.3 is 5.97 Å². The number of carbonyl (C=O) groups excluding carboxylic acids is 1. The molecule has 1 saturated heterocycles. The second-order valence-electron chi connectivity index (χ2n) is 10.6. The molecule has 0 radical (unpaired) electrons. The lowest BCUT2D eigenvalue weighted by atomic mass is 9.99. The Morgan fingerprint density at radius 3 is 2.78 bits per heavy atom. The molecule has 0 amide bonds. The van der Waals surface area contributed by atoms with E-state index in [9.17, 15) is 9.90 Å². The van der Waals surface area contributed by atoms with Crippen molar-refractivity contribution in [3.05, 3.63) is 59.7 Å². The van der Waals surface area contributed by atoms with Gasteiger partial charge in [0.1, 0.15) is 47.8 Å². The highest BCUT2D eigenvalue weighted by Gasteiger charge is 2.43. The Balaban J connectivity index is 1.62. The van der Waals surface area contributed by atoms with Gasteiger partial charge in [-0.2, -0.15) is 0 Å². The van der Waals surface area contributed by atoms with Crippen LogP contribution in [0.2, 0.25) is 0 Å². The SMILES string of the molecule is COCOc1cc(OCCNCc2ncc[nH]2)cc2c1C(=O)O[C@@H](C)[C@H](C)/C=C\C(O)C1OC(C)(C)OC1CC=C2. The number of aromatic nitrogens is 2. The summed E-state index contributed by atoms with van der Waals surface area (Å²) >= 11 is 0. The van der Waals surface area contributed by atoms with Gasteiger partial charge < -0.3 is 43.8 Å². The molecule has 224 valence electrons. The highest BCUT2D eigenvalue weighted by Crippen LogP contribution is 2.35. The van der Waals surface area contributed by atoms with Crippen LogP contribution in [0, 0.1) is 5.92 Å². The zero-order valence-electron chi connectivity index (χ0n) is 24.3. The van der Waals surface area contributed by atoms with Gasteiger partial charge in [0.05, 0.1) is 12.6 Å². The van der Waals surface area contributed by atoms with Crippen LogP contribution in [-0.2, 0) is 25.5 Å². The van der Waals surface area contributed by atoms with E-state index in [1.54, 1.807) is 30.6 Å². The summed E-state index contributed by atoms with van der Waals surface area (Å²) in [5, 5.41) is 14.2. The van der Waals surface area contributed by atoms with Gasteiger partial charge in [0.25, 0.3) is 0 Å². The first-order valence-corrected chi connectivity index (χ1v) is 13.9. The number of aliphatic hydroxyl groups is 1. The van der Waals surface area contributed by atoms with Crippen LogP contribution in [0.1, 0.15) is 55.9 Å². The van der Waals surface area contributed by atoms with Crippen LogP contribution in [0.15, 0.2) is 42.8 Å². The zero-order valence-corrected chi connectivity index (χ0v) is 24.3. The van der Waals surface area contributed by atoms with Crippen molar-refractivity contribution in [1.82, 2.24) is 15.3 Å². The summed E-state index contributed by atoms with van der Waals surface area (Å²) in [7, 11) is 1.51. The lowest BCUT2D eigenvalue weighted by Gasteiger charge is -2.23. The molecular formula is C30H41N3O8. The molecule has 0 saturated carbocycles. The Bertz CT molecular complexity index is 1200. The van der Waals surface area contributed by atoms with Crippen molar-refractivity contribution in [3.8, 4) is 11.5 Å². The number of cyclic esters (lactones) is 1. The summed E-state index contributed by atoms with van der Waals surface area (Å²) in [6, 6.07) is 3.45. The summed E-state index contributed by atoms with van der Waals surface area (Å²) in [5.41, 5.74) is 0.826. The molecule has 0 aliphatic carbocycles. The van der Waals surface area contributed by atoms with Crippen LogP contribution in [0.25, 0.3) is 6.08 Å². The van der Waals surface area contributed by atoms with E-state index in [4.69, 9.17) is 28.4 Å². The van der Waals surface area contributed by atoms with Crippen LogP contribution in [0.5, 0.6) is 11.5 Å². The second-order valence-corrected chi connectivity index (χ2v) is 10.6. The standard InChI is InChI=1S/C30H41N3O8/c1-19-9-10-23(34)28-24(40-30(3,4)41-28)8-6-7-21-15-22(37-14-13-31-17-26-32-11-12-33-26)16-25(38-18-36-5)27(21)29(35)39-20(19)2/h6-7,9-12,15-16,19-20,23-24,28,31,34H,8,13-14,17-18H2,1-5H3,(H,32,33)/b7-6?,10-9-/t19-,20+,23?,24?,28?/m1/s1. The molecule has 1 fully saturated rings. The van der Waals surface area contributed by atoms with Gasteiger partial charge in [0.2, 0.25) is 0 Å². The smallest absolute Gasteiger partial charge is 0.342 e. The molecule has 11 heteroatoms. The highest BCUT2D eigenvalue weighted by atomic mass is 16.8. The molecule has 11 nitrogen and oxygen atoms in total. The molecule has 41 heavy (non-hydrogen) atoms. The van der Waals surface area contributed by atoms with E-state index in [1.807, 2.05) is 45.9 Å². The number of rotatable bonds is 9. The third-order valence-electron chi connectivity index (χ3n) is 6.91. The third kappa shape index (κ3) is 8.40. The van der Waals surface area contributed by atoms with Gasteiger partial charge in [-0.1, -0.05) is 31.2 Å². The fraction of sp³-hybridized carbons (Fsp3) is 0.533. The average molecular weight is 572 g/mol. The zero-order chi connectivity index (χ0) is 29.4. The minimum Gasteiger partial charge on any atom is -0.492 e. The molecule has 0 bridgehead atoms. The first-order valence-electron chi connectivity index (χ1n) is 13.9. The van der Waals surface area contributed by atoms with Crippen molar-refractivity contribution in [2.75, 3.05) is 27.1 Å². The number of methoxy groups -OCH3 is 1. The summed E-state index contributed by atoms with van der Waals surface area (Å²) in [4.78, 5) is 20.8. The van der Waals surface area contributed by atoms with Gasteiger partial charge in [-0.25, -0.2) is 9.78 Å². The van der Waals surface area contributed by atoms with E-state index >= 15 is 0 Å². The van der Waals surface area contributed by atoms with Crippen LogP contribution < -0.4 is 14.8 Å². The number of benzene rings is 1. The Labute approximate surface area is 240 Å². The van der Waals surface area contributed by atoms with E-state index in [0.717, 1.165) is 5.82 Å². The molecule has 3 heterocycles. The molecule has 2 aliphatic rings. The van der Waals surface area contributed by atoms with Gasteiger partial charge in [-0.3, -0.25) is 0 Å². The fourth-order valence-corrected chi connectivity index (χ4v) is 4.68. The van der Waals surface area contributed by atoms with E-state index in [-0.39, 0.29) is 24.0 Å². The first kappa shape index (κ1) is 30.7. The number of esters is 1. The predicted octanol–water partition coefficient (Wildman–Crippen LogP) is 3.60. The van der Waals surface area contributed by atoms with Crippen molar-refractivity contribution >= 4 is 12.0 Å². The van der Waals surface area contributed by atoms with Gasteiger partial charge in [-0.05, 0) is 38.8 Å². The summed E-state index contributed by atoms with van der Waals surface area (Å²) in [5.74, 6) is 0.0946. The topological polar surface area (TPSA) is 133 Å². The van der Waals surface area contributed by atoms with E-state index in [0.29, 0.717) is 37.4 Å². The number of hydrogen-bond acceptors (Lipinski definition) is 10. The normalized spacial score (nSPS) is 26.9. The third-order valence-corrected chi connectivity index (χ3v) is 6.91. The first-order chi connectivity index (χ1) is 19.7. The molecule has 2 aromatic rings. The Morgan fingerprint density at radius 1 is 1.20 bits per heavy atom. The number of aliphatic hydroxyl groups excluding tert-OH is 1. The Morgan fingerprint density at radius 2 is 2.02 bits per heavy atom. The number of hydrogen-bond donors (Lipinski definition) is 3. The van der Waals surface area contributed by atoms with Crippen LogP contribution in [0.4, 0.5) is 0 Å². The van der Waals surface area contributed by atoms with E-state index in [1.165, 1.54) is 7.11 Å². The van der Waals surface area contributed by atoms with Crippen LogP contribution in [-0.4, -0.2) is 78.3 Å². The van der Waals surface area contributed by atoms with Crippen molar-refractivity contribution in [1.29, 1.82) is 0 Å². The number of nitrogens with one attached hydrogen (secondary N) is 2. The lowest BCUT2D eigenvalue weighted by Crippen LogP contribution is -2.34. The molecule has 4 rings (SSSR count). The molecule has 5 atom stereocenters. The number of imidazole rings is 1. The number of H-pyrrole nitrogens is 1. The molecule has 1 aromatic carbocycles. The van der Waals surface area contributed by atoms with Crippen LogP contribution >= 0.6 is 0 Å². The largest absolute Gasteiger partial charge is 0.492 e. The number of carbonyl (C=O) groups is 1. The molecule has 0 spiro atoms. The van der Waals surface area contributed by atoms with Crippen molar-refractivity contribution in [2.24, 2.45) is 5.92 Å². The summed E-state index contributed by atoms with van der Waals surface area (Å²) in [6.45, 7) is 8.86. The van der Waals surface area contributed by atoms with Gasteiger partial charge in [-0.15, -0.1) is 0 Å². The van der Waals surface area contributed by atoms with E-state index < -0.39 is 36.2 Å². The predicted molar refractivity (Wildman–Crippen MR) is 151 cm³/mol. The maximum Gasteiger partial charge on any atom is 0.342 e. The van der Waals surface area contributed by atoms with E-state index in [2.05, 4.69) is 15.3 Å². The maximum atomic E-state index is 13.5. The molecule has 1 aromatic heterocycles. The fourth-order valence-electron chi connectivity index (χ4n) is 4.68. The quantitative estimate of drug-likeness (QED) is 0.177. The highest BCUT2D eigenvalue weighted by molar-refractivity contribution is 5.97. The molecule has 3 N–H and O–H groups in total. The molecular weight excluding hydrogens is 530 g/mol. The summed E-state index contributed by atoms with van der Waals surface area (Å²) in [6.07, 6.45) is 8.82. The number of fused-ring (bicyclic) bond motifs is 2. The number of nitrogens with zero attached hydrogens (tertiary/aromatic N) is 1. The Kier molecular flexibility index (Phi) is 10.6. The minimum atomic E-state index is -0.883. The van der Waals surface area contributed by atoms with Crippen molar-refractivity contribution in [3.63, 3.8) is 0 Å². The monoisotopic (exact) mass is 571 g/mol. The van der Waals surface area contributed by atoms with Gasteiger partial charge in [0, 0.05) is 38.0 Å². The average Bonchev–Trinajstić information content (AvgIpc) is 3.56. The molecule has 3 unspecified atom stereocenters.